The highest BCUT2D eigenvalue weighted by Crippen LogP contribution is 2.29. The molecule has 3 rings (SSSR count). The second-order valence-corrected chi connectivity index (χ2v) is 10.4. The second-order valence-electron chi connectivity index (χ2n) is 8.39. The third-order valence-electron chi connectivity index (χ3n) is 5.16. The quantitative estimate of drug-likeness (QED) is 0.785. The first-order valence-electron chi connectivity index (χ1n) is 9.42. The number of anilines is 1. The number of benzene rings is 1. The van der Waals surface area contributed by atoms with Gasteiger partial charge in [-0.2, -0.15) is 5.10 Å². The van der Waals surface area contributed by atoms with Gasteiger partial charge in [0.1, 0.15) is 0 Å². The van der Waals surface area contributed by atoms with Crippen molar-refractivity contribution in [2.45, 2.75) is 52.2 Å². The first-order chi connectivity index (χ1) is 12.6. The van der Waals surface area contributed by atoms with Crippen LogP contribution in [0.4, 0.5) is 5.69 Å². The van der Waals surface area contributed by atoms with Crippen LogP contribution in [0.25, 0.3) is 0 Å². The molecule has 0 amide bonds. The minimum absolute atomic E-state index is 0.0298. The molecule has 0 spiro atoms. The normalized spacial score (nSPS) is 18.2. The highest BCUT2D eigenvalue weighted by molar-refractivity contribution is 7.93. The number of aromatic nitrogens is 2. The van der Waals surface area contributed by atoms with E-state index in [9.17, 15) is 8.42 Å². The number of sulfonamides is 1. The highest BCUT2D eigenvalue weighted by Gasteiger charge is 2.28. The van der Waals surface area contributed by atoms with Crippen molar-refractivity contribution in [1.29, 1.82) is 0 Å². The van der Waals surface area contributed by atoms with Crippen LogP contribution in [0.15, 0.2) is 36.7 Å². The van der Waals surface area contributed by atoms with E-state index in [2.05, 4.69) is 57.0 Å². The molecule has 148 valence electrons. The summed E-state index contributed by atoms with van der Waals surface area (Å²) in [7, 11) is -1.07. The molecule has 1 aromatic carbocycles. The first-order valence-corrected chi connectivity index (χ1v) is 11.0. The van der Waals surface area contributed by atoms with Gasteiger partial charge in [-0.15, -0.1) is 0 Å². The van der Waals surface area contributed by atoms with Crippen molar-refractivity contribution >= 4 is 15.7 Å². The van der Waals surface area contributed by atoms with Crippen LogP contribution >= 0.6 is 0 Å². The summed E-state index contributed by atoms with van der Waals surface area (Å²) in [6.07, 6.45) is 4.71. The number of hydrogen-bond acceptors (Lipinski definition) is 4. The van der Waals surface area contributed by atoms with Gasteiger partial charge in [0.25, 0.3) is 0 Å². The summed E-state index contributed by atoms with van der Waals surface area (Å²) in [5.74, 6) is 0.241. The van der Waals surface area contributed by atoms with E-state index in [0.29, 0.717) is 13.0 Å². The van der Waals surface area contributed by atoms with Gasteiger partial charge in [0, 0.05) is 30.9 Å². The van der Waals surface area contributed by atoms with Crippen LogP contribution in [0, 0.1) is 0 Å². The minimum atomic E-state index is -3.15. The van der Waals surface area contributed by atoms with E-state index < -0.39 is 10.0 Å². The largest absolute Gasteiger partial charge is 0.295 e. The molecule has 1 fully saturated rings. The van der Waals surface area contributed by atoms with Crippen LogP contribution in [-0.2, 0) is 22.1 Å². The lowest BCUT2D eigenvalue weighted by molar-refractivity contribution is 0.252. The Morgan fingerprint density at radius 2 is 2.04 bits per heavy atom. The molecule has 1 atom stereocenters. The Balaban J connectivity index is 1.74. The van der Waals surface area contributed by atoms with Gasteiger partial charge in [-0.25, -0.2) is 8.42 Å². The molecule has 0 bridgehead atoms. The summed E-state index contributed by atoms with van der Waals surface area (Å²) in [5.41, 5.74) is 3.02. The van der Waals surface area contributed by atoms with Gasteiger partial charge in [0.2, 0.25) is 10.0 Å². The summed E-state index contributed by atoms with van der Waals surface area (Å²) in [6.45, 7) is 9.90. The average Bonchev–Trinajstić information content (AvgIpc) is 3.20. The van der Waals surface area contributed by atoms with E-state index >= 15 is 0 Å². The Hall–Kier alpha value is -1.86. The Labute approximate surface area is 162 Å². The van der Waals surface area contributed by atoms with E-state index in [1.54, 1.807) is 0 Å². The van der Waals surface area contributed by atoms with Crippen LogP contribution in [0.1, 0.15) is 51.3 Å². The van der Waals surface area contributed by atoms with Gasteiger partial charge in [0.15, 0.2) is 0 Å². The van der Waals surface area contributed by atoms with Crippen molar-refractivity contribution in [3.8, 4) is 0 Å². The third kappa shape index (κ3) is 4.35. The molecule has 0 saturated carbocycles. The fourth-order valence-corrected chi connectivity index (χ4v) is 4.91. The number of hydrogen-bond donors (Lipinski definition) is 0. The molecule has 1 aliphatic heterocycles. The van der Waals surface area contributed by atoms with E-state index in [1.807, 2.05) is 29.1 Å². The summed E-state index contributed by atoms with van der Waals surface area (Å²) in [5, 5.41) is 4.47. The van der Waals surface area contributed by atoms with Crippen molar-refractivity contribution in [1.82, 2.24) is 14.7 Å². The maximum absolute atomic E-state index is 12.2. The van der Waals surface area contributed by atoms with Crippen molar-refractivity contribution in [2.75, 3.05) is 23.7 Å². The smallest absolute Gasteiger partial charge is 0.235 e. The van der Waals surface area contributed by atoms with Crippen LogP contribution in [0.5, 0.6) is 0 Å². The Morgan fingerprint density at radius 1 is 1.30 bits per heavy atom. The van der Waals surface area contributed by atoms with Gasteiger partial charge >= 0.3 is 0 Å². The summed E-state index contributed by atoms with van der Waals surface area (Å²) in [6, 6.07) is 8.05. The second kappa shape index (κ2) is 7.28. The van der Waals surface area contributed by atoms with Crippen molar-refractivity contribution < 1.29 is 8.42 Å². The molecule has 0 N–H and O–H groups in total. The topological polar surface area (TPSA) is 58.4 Å². The number of rotatable bonds is 5. The summed E-state index contributed by atoms with van der Waals surface area (Å²) in [4.78, 5) is 2.25. The zero-order valence-electron chi connectivity index (χ0n) is 16.9. The Morgan fingerprint density at radius 3 is 2.63 bits per heavy atom. The Bertz CT molecular complexity index is 899. The molecule has 2 aromatic rings. The van der Waals surface area contributed by atoms with Crippen LogP contribution < -0.4 is 4.31 Å². The van der Waals surface area contributed by atoms with Gasteiger partial charge < -0.3 is 0 Å². The standard InChI is InChI=1S/C20H30N4O2S/c1-16(22(5)14-17-13-21-24(15-17)20(2,3)4)18-8-6-9-19(12-18)23-10-7-11-27(23,25)26/h6,8-9,12-13,15-16H,7,10-11,14H2,1-5H3. The fraction of sp³-hybridized carbons (Fsp3) is 0.550. The van der Waals surface area contributed by atoms with Gasteiger partial charge in [0.05, 0.1) is 23.2 Å². The van der Waals surface area contributed by atoms with Gasteiger partial charge in [-0.05, 0) is 58.9 Å². The predicted octanol–water partition coefficient (Wildman–Crippen LogP) is 3.37. The lowest BCUT2D eigenvalue weighted by Gasteiger charge is -2.26. The Kier molecular flexibility index (Phi) is 5.36. The molecule has 1 aliphatic rings. The van der Waals surface area contributed by atoms with Crippen LogP contribution in [0.3, 0.4) is 0 Å². The summed E-state index contributed by atoms with van der Waals surface area (Å²) < 4.78 is 27.9. The monoisotopic (exact) mass is 390 g/mol. The number of nitrogens with zero attached hydrogens (tertiary/aromatic N) is 4. The van der Waals surface area contributed by atoms with Crippen molar-refractivity contribution in [2.24, 2.45) is 0 Å². The minimum Gasteiger partial charge on any atom is -0.295 e. The zero-order valence-corrected chi connectivity index (χ0v) is 17.7. The first kappa shape index (κ1) is 19.9. The van der Waals surface area contributed by atoms with Crippen LogP contribution in [-0.4, -0.2) is 42.4 Å². The molecule has 6 nitrogen and oxygen atoms in total. The van der Waals surface area contributed by atoms with E-state index in [-0.39, 0.29) is 17.3 Å². The highest BCUT2D eigenvalue weighted by atomic mass is 32.2. The lowest BCUT2D eigenvalue weighted by Crippen LogP contribution is -2.26. The van der Waals surface area contributed by atoms with E-state index in [1.165, 1.54) is 4.31 Å². The molecule has 27 heavy (non-hydrogen) atoms. The maximum Gasteiger partial charge on any atom is 0.235 e. The van der Waals surface area contributed by atoms with Crippen molar-refractivity contribution in [3.05, 3.63) is 47.8 Å². The molecule has 7 heteroatoms. The fourth-order valence-electron chi connectivity index (χ4n) is 3.36. The lowest BCUT2D eigenvalue weighted by atomic mass is 10.1. The molecule has 0 radical (unpaired) electrons. The molecule has 2 heterocycles. The molecule has 1 saturated heterocycles. The molecular weight excluding hydrogens is 360 g/mol. The van der Waals surface area contributed by atoms with Crippen molar-refractivity contribution in [3.63, 3.8) is 0 Å². The predicted molar refractivity (Wildman–Crippen MR) is 109 cm³/mol. The average molecular weight is 391 g/mol. The SMILES string of the molecule is CC(c1cccc(N2CCCS2(=O)=O)c1)N(C)Cc1cnn(C(C)(C)C)c1. The van der Waals surface area contributed by atoms with E-state index in [0.717, 1.165) is 23.4 Å². The molecule has 1 aromatic heterocycles. The molecular formula is C20H30N4O2S. The zero-order chi connectivity index (χ0) is 19.8. The maximum atomic E-state index is 12.2. The van der Waals surface area contributed by atoms with Gasteiger partial charge in [-0.3, -0.25) is 13.9 Å². The molecule has 1 unspecified atom stereocenters. The summed E-state index contributed by atoms with van der Waals surface area (Å²) >= 11 is 0. The molecule has 0 aliphatic carbocycles. The third-order valence-corrected chi connectivity index (χ3v) is 7.03. The van der Waals surface area contributed by atoms with E-state index in [4.69, 9.17) is 0 Å². The van der Waals surface area contributed by atoms with Crippen LogP contribution in [0.2, 0.25) is 0 Å². The van der Waals surface area contributed by atoms with Gasteiger partial charge in [-0.1, -0.05) is 12.1 Å².